The Kier molecular flexibility index (Phi) is 4.68. The SMILES string of the molecule is CC(=O)N1CCN(c2cc(C)nc(N3CCCC(C)C3)n2)CC1. The number of aromatic nitrogens is 2. The van der Waals surface area contributed by atoms with E-state index >= 15 is 0 Å². The Labute approximate surface area is 138 Å². The van der Waals surface area contributed by atoms with Crippen molar-refractivity contribution in [3.05, 3.63) is 11.8 Å². The number of aryl methyl sites for hydroxylation is 1. The predicted octanol–water partition coefficient (Wildman–Crippen LogP) is 1.69. The summed E-state index contributed by atoms with van der Waals surface area (Å²) in [5.41, 5.74) is 1.01. The van der Waals surface area contributed by atoms with Crippen LogP contribution in [0, 0.1) is 12.8 Å². The molecule has 3 heterocycles. The van der Waals surface area contributed by atoms with Crippen LogP contribution in [0.15, 0.2) is 6.07 Å². The molecule has 6 nitrogen and oxygen atoms in total. The molecule has 0 aliphatic carbocycles. The standard InChI is InChI=1S/C17H27N5O/c1-13-5-4-6-22(12-13)17-18-14(2)11-16(19-17)21-9-7-20(8-10-21)15(3)23/h11,13H,4-10,12H2,1-3H3. The molecule has 0 N–H and O–H groups in total. The van der Waals surface area contributed by atoms with Gasteiger partial charge in [0.2, 0.25) is 11.9 Å². The van der Waals surface area contributed by atoms with E-state index in [4.69, 9.17) is 4.98 Å². The summed E-state index contributed by atoms with van der Waals surface area (Å²) in [5.74, 6) is 2.72. The zero-order valence-electron chi connectivity index (χ0n) is 14.5. The van der Waals surface area contributed by atoms with Crippen molar-refractivity contribution in [1.82, 2.24) is 14.9 Å². The molecule has 1 aromatic heterocycles. The molecule has 3 rings (SSSR count). The first-order valence-electron chi connectivity index (χ1n) is 8.64. The topological polar surface area (TPSA) is 52.6 Å². The summed E-state index contributed by atoms with van der Waals surface area (Å²) in [4.78, 5) is 27.4. The second-order valence-corrected chi connectivity index (χ2v) is 6.85. The van der Waals surface area contributed by atoms with E-state index in [0.717, 1.165) is 56.7 Å². The van der Waals surface area contributed by atoms with Crippen LogP contribution in [0.3, 0.4) is 0 Å². The fourth-order valence-electron chi connectivity index (χ4n) is 3.46. The molecular formula is C17H27N5O. The van der Waals surface area contributed by atoms with Crippen LogP contribution in [0.5, 0.6) is 0 Å². The van der Waals surface area contributed by atoms with Gasteiger partial charge in [0.05, 0.1) is 0 Å². The summed E-state index contributed by atoms with van der Waals surface area (Å²) >= 11 is 0. The molecule has 1 aromatic rings. The van der Waals surface area contributed by atoms with Crippen LogP contribution < -0.4 is 9.80 Å². The third-order valence-electron chi connectivity index (χ3n) is 4.82. The Morgan fingerprint density at radius 3 is 2.52 bits per heavy atom. The second kappa shape index (κ2) is 6.72. The van der Waals surface area contributed by atoms with Crippen LogP contribution in [-0.2, 0) is 4.79 Å². The van der Waals surface area contributed by atoms with Crippen LogP contribution in [0.1, 0.15) is 32.4 Å². The summed E-state index contributed by atoms with van der Waals surface area (Å²) in [5, 5.41) is 0. The lowest BCUT2D eigenvalue weighted by atomic mass is 10.0. The second-order valence-electron chi connectivity index (χ2n) is 6.85. The van der Waals surface area contributed by atoms with Crippen LogP contribution in [0.25, 0.3) is 0 Å². The van der Waals surface area contributed by atoms with Gasteiger partial charge in [-0.05, 0) is 25.7 Å². The summed E-state index contributed by atoms with van der Waals surface area (Å²) in [6.07, 6.45) is 2.51. The molecule has 0 radical (unpaired) electrons. The molecule has 2 fully saturated rings. The van der Waals surface area contributed by atoms with Gasteiger partial charge in [-0.3, -0.25) is 4.79 Å². The number of amides is 1. The van der Waals surface area contributed by atoms with Crippen molar-refractivity contribution >= 4 is 17.7 Å². The van der Waals surface area contributed by atoms with Crippen molar-refractivity contribution in [2.24, 2.45) is 5.92 Å². The van der Waals surface area contributed by atoms with Gasteiger partial charge in [-0.1, -0.05) is 6.92 Å². The van der Waals surface area contributed by atoms with Gasteiger partial charge in [-0.25, -0.2) is 4.98 Å². The Bertz CT molecular complexity index is 568. The number of piperazine rings is 1. The van der Waals surface area contributed by atoms with E-state index in [9.17, 15) is 4.79 Å². The molecule has 0 spiro atoms. The van der Waals surface area contributed by atoms with Crippen LogP contribution >= 0.6 is 0 Å². The lowest BCUT2D eigenvalue weighted by molar-refractivity contribution is -0.129. The summed E-state index contributed by atoms with van der Waals surface area (Å²) in [7, 11) is 0. The number of rotatable bonds is 2. The lowest BCUT2D eigenvalue weighted by Crippen LogP contribution is -2.48. The van der Waals surface area contributed by atoms with E-state index < -0.39 is 0 Å². The lowest BCUT2D eigenvalue weighted by Gasteiger charge is -2.36. The zero-order valence-corrected chi connectivity index (χ0v) is 14.5. The Morgan fingerprint density at radius 1 is 1.13 bits per heavy atom. The van der Waals surface area contributed by atoms with Gasteiger partial charge in [-0.15, -0.1) is 0 Å². The number of carbonyl (C=O) groups is 1. The van der Waals surface area contributed by atoms with E-state index in [1.807, 2.05) is 11.8 Å². The molecule has 1 amide bonds. The van der Waals surface area contributed by atoms with E-state index in [1.54, 1.807) is 6.92 Å². The first-order chi connectivity index (χ1) is 11.0. The highest BCUT2D eigenvalue weighted by atomic mass is 16.2. The summed E-state index contributed by atoms with van der Waals surface area (Å²) in [6, 6.07) is 2.06. The number of piperidine rings is 1. The van der Waals surface area contributed by atoms with Crippen molar-refractivity contribution < 1.29 is 4.79 Å². The highest BCUT2D eigenvalue weighted by Gasteiger charge is 2.23. The van der Waals surface area contributed by atoms with Crippen LogP contribution in [-0.4, -0.2) is 60.0 Å². The van der Waals surface area contributed by atoms with Gasteiger partial charge in [0.25, 0.3) is 0 Å². The number of hydrogen-bond acceptors (Lipinski definition) is 5. The number of hydrogen-bond donors (Lipinski definition) is 0. The molecule has 0 saturated carbocycles. The molecule has 23 heavy (non-hydrogen) atoms. The van der Waals surface area contributed by atoms with Gasteiger partial charge >= 0.3 is 0 Å². The molecule has 0 aromatic carbocycles. The third kappa shape index (κ3) is 3.74. The average Bonchev–Trinajstić information content (AvgIpc) is 2.54. The van der Waals surface area contributed by atoms with E-state index in [2.05, 4.69) is 27.8 Å². The van der Waals surface area contributed by atoms with Crippen molar-refractivity contribution in [1.29, 1.82) is 0 Å². The fourth-order valence-corrected chi connectivity index (χ4v) is 3.46. The molecule has 1 atom stereocenters. The maximum Gasteiger partial charge on any atom is 0.227 e. The zero-order chi connectivity index (χ0) is 16.4. The van der Waals surface area contributed by atoms with E-state index in [-0.39, 0.29) is 5.91 Å². The molecular weight excluding hydrogens is 290 g/mol. The molecule has 6 heteroatoms. The van der Waals surface area contributed by atoms with Crippen LogP contribution in [0.4, 0.5) is 11.8 Å². The summed E-state index contributed by atoms with van der Waals surface area (Å²) in [6.45, 7) is 11.3. The minimum atomic E-state index is 0.159. The van der Waals surface area contributed by atoms with E-state index in [1.165, 1.54) is 12.8 Å². The van der Waals surface area contributed by atoms with Gasteiger partial charge < -0.3 is 14.7 Å². The molecule has 0 bridgehead atoms. The Balaban J connectivity index is 1.74. The van der Waals surface area contributed by atoms with E-state index in [0.29, 0.717) is 5.92 Å². The van der Waals surface area contributed by atoms with Crippen molar-refractivity contribution in [3.8, 4) is 0 Å². The fraction of sp³-hybridized carbons (Fsp3) is 0.706. The first-order valence-corrected chi connectivity index (χ1v) is 8.64. The van der Waals surface area contributed by atoms with Gasteiger partial charge in [0.1, 0.15) is 5.82 Å². The maximum atomic E-state index is 11.5. The first kappa shape index (κ1) is 16.0. The van der Waals surface area contributed by atoms with Crippen molar-refractivity contribution in [2.45, 2.75) is 33.6 Å². The molecule has 2 aliphatic heterocycles. The Morgan fingerprint density at radius 2 is 1.87 bits per heavy atom. The number of carbonyl (C=O) groups excluding carboxylic acids is 1. The molecule has 126 valence electrons. The molecule has 2 aliphatic rings. The van der Waals surface area contributed by atoms with Gasteiger partial charge in [-0.2, -0.15) is 4.98 Å². The number of anilines is 2. The normalized spacial score (nSPS) is 22.4. The average molecular weight is 317 g/mol. The monoisotopic (exact) mass is 317 g/mol. The highest BCUT2D eigenvalue weighted by molar-refractivity contribution is 5.73. The Hall–Kier alpha value is -1.85. The summed E-state index contributed by atoms with van der Waals surface area (Å²) < 4.78 is 0. The largest absolute Gasteiger partial charge is 0.353 e. The predicted molar refractivity (Wildman–Crippen MR) is 91.8 cm³/mol. The third-order valence-corrected chi connectivity index (χ3v) is 4.82. The minimum Gasteiger partial charge on any atom is -0.353 e. The van der Waals surface area contributed by atoms with Crippen molar-refractivity contribution in [3.63, 3.8) is 0 Å². The van der Waals surface area contributed by atoms with Crippen LogP contribution in [0.2, 0.25) is 0 Å². The molecule has 1 unspecified atom stereocenters. The van der Waals surface area contributed by atoms with Gasteiger partial charge in [0.15, 0.2) is 0 Å². The van der Waals surface area contributed by atoms with Crippen molar-refractivity contribution in [2.75, 3.05) is 49.1 Å². The quantitative estimate of drug-likeness (QED) is 0.831. The van der Waals surface area contributed by atoms with Gasteiger partial charge in [0, 0.05) is 58.0 Å². The smallest absolute Gasteiger partial charge is 0.227 e. The molecule has 2 saturated heterocycles. The number of nitrogens with zero attached hydrogens (tertiary/aromatic N) is 5. The maximum absolute atomic E-state index is 11.5. The highest BCUT2D eigenvalue weighted by Crippen LogP contribution is 2.23. The minimum absolute atomic E-state index is 0.159.